The van der Waals surface area contributed by atoms with Gasteiger partial charge >= 0.3 is 0 Å². The maximum Gasteiger partial charge on any atom is 0.216 e. The van der Waals surface area contributed by atoms with Gasteiger partial charge in [0.05, 0.1) is 14.2 Å². The van der Waals surface area contributed by atoms with Gasteiger partial charge in [-0.1, -0.05) is 0 Å². The Balaban J connectivity index is 2.71. The third kappa shape index (κ3) is 3.46. The Labute approximate surface area is 95.6 Å². The Morgan fingerprint density at radius 2 is 2.06 bits per heavy atom. The van der Waals surface area contributed by atoms with Crippen LogP contribution in [0.15, 0.2) is 18.2 Å². The van der Waals surface area contributed by atoms with Crippen molar-refractivity contribution in [2.24, 2.45) is 0 Å². The third-order valence-electron chi connectivity index (χ3n) is 2.26. The van der Waals surface area contributed by atoms with E-state index in [1.54, 1.807) is 14.2 Å². The largest absolute Gasteiger partial charge is 0.497 e. The normalized spacial score (nSPS) is 9.69. The molecule has 0 saturated heterocycles. The van der Waals surface area contributed by atoms with E-state index in [9.17, 15) is 4.79 Å². The van der Waals surface area contributed by atoms with Gasteiger partial charge in [-0.15, -0.1) is 0 Å². The van der Waals surface area contributed by atoms with Crippen LogP contribution in [0.1, 0.15) is 12.5 Å². The lowest BCUT2D eigenvalue weighted by Crippen LogP contribution is -2.22. The SMILES string of the molecule is COc1ccc(OC)c(CCNC(C)=O)c1. The molecule has 1 N–H and O–H groups in total. The number of hydrogen-bond acceptors (Lipinski definition) is 3. The number of rotatable bonds is 5. The van der Waals surface area contributed by atoms with Crippen LogP contribution >= 0.6 is 0 Å². The molecule has 0 atom stereocenters. The molecule has 4 nitrogen and oxygen atoms in total. The molecule has 0 spiro atoms. The molecule has 4 heteroatoms. The van der Waals surface area contributed by atoms with Gasteiger partial charge in [-0.25, -0.2) is 0 Å². The molecule has 0 bridgehead atoms. The molecule has 1 aromatic carbocycles. The average Bonchev–Trinajstić information content (AvgIpc) is 2.28. The standard InChI is InChI=1S/C12H17NO3/c1-9(14)13-7-6-10-8-11(15-2)4-5-12(10)16-3/h4-5,8H,6-7H2,1-3H3,(H,13,14). The molecule has 0 unspecified atom stereocenters. The molecule has 16 heavy (non-hydrogen) atoms. The van der Waals surface area contributed by atoms with Crippen LogP contribution in [0.2, 0.25) is 0 Å². The number of nitrogens with one attached hydrogen (secondary N) is 1. The first-order valence-electron chi connectivity index (χ1n) is 5.12. The van der Waals surface area contributed by atoms with E-state index in [0.717, 1.165) is 23.5 Å². The summed E-state index contributed by atoms with van der Waals surface area (Å²) < 4.78 is 10.4. The summed E-state index contributed by atoms with van der Waals surface area (Å²) in [7, 11) is 3.25. The minimum absolute atomic E-state index is 0.0261. The highest BCUT2D eigenvalue weighted by Gasteiger charge is 2.04. The number of benzene rings is 1. The molecule has 1 amide bonds. The lowest BCUT2D eigenvalue weighted by Gasteiger charge is -2.10. The van der Waals surface area contributed by atoms with Crippen LogP contribution in [0.5, 0.6) is 11.5 Å². The zero-order valence-electron chi connectivity index (χ0n) is 9.87. The number of methoxy groups -OCH3 is 2. The van der Waals surface area contributed by atoms with Crippen LogP contribution in [0, 0.1) is 0 Å². The van der Waals surface area contributed by atoms with Crippen molar-refractivity contribution in [3.05, 3.63) is 23.8 Å². The molecule has 1 rings (SSSR count). The highest BCUT2D eigenvalue weighted by molar-refractivity contribution is 5.72. The van der Waals surface area contributed by atoms with Gasteiger partial charge in [-0.2, -0.15) is 0 Å². The van der Waals surface area contributed by atoms with Crippen LogP contribution in [0.25, 0.3) is 0 Å². The summed E-state index contributed by atoms with van der Waals surface area (Å²) in [5, 5.41) is 2.75. The molecular weight excluding hydrogens is 206 g/mol. The Morgan fingerprint density at radius 3 is 2.62 bits per heavy atom. The lowest BCUT2D eigenvalue weighted by molar-refractivity contribution is -0.118. The van der Waals surface area contributed by atoms with Crippen molar-refractivity contribution in [2.75, 3.05) is 20.8 Å². The number of amides is 1. The fourth-order valence-electron chi connectivity index (χ4n) is 1.45. The van der Waals surface area contributed by atoms with Crippen molar-refractivity contribution in [2.45, 2.75) is 13.3 Å². The smallest absolute Gasteiger partial charge is 0.216 e. The number of ether oxygens (including phenoxy) is 2. The minimum atomic E-state index is -0.0261. The molecule has 1 aromatic rings. The van der Waals surface area contributed by atoms with E-state index in [2.05, 4.69) is 5.32 Å². The van der Waals surface area contributed by atoms with Gasteiger partial charge in [0.1, 0.15) is 11.5 Å². The van der Waals surface area contributed by atoms with Gasteiger partial charge < -0.3 is 14.8 Å². The predicted molar refractivity (Wildman–Crippen MR) is 61.9 cm³/mol. The van der Waals surface area contributed by atoms with Crippen LogP contribution in [-0.2, 0) is 11.2 Å². The highest BCUT2D eigenvalue weighted by Crippen LogP contribution is 2.23. The summed E-state index contributed by atoms with van der Waals surface area (Å²) in [6.45, 7) is 2.10. The zero-order chi connectivity index (χ0) is 12.0. The summed E-state index contributed by atoms with van der Waals surface area (Å²) >= 11 is 0. The van der Waals surface area contributed by atoms with Crippen molar-refractivity contribution in [1.82, 2.24) is 5.32 Å². The molecule has 0 aliphatic carbocycles. The van der Waals surface area contributed by atoms with Gasteiger partial charge in [0.15, 0.2) is 0 Å². The Hall–Kier alpha value is -1.71. The van der Waals surface area contributed by atoms with E-state index in [-0.39, 0.29) is 5.91 Å². The van der Waals surface area contributed by atoms with E-state index < -0.39 is 0 Å². The Kier molecular flexibility index (Phi) is 4.64. The Morgan fingerprint density at radius 1 is 1.31 bits per heavy atom. The minimum Gasteiger partial charge on any atom is -0.497 e. The predicted octanol–water partition coefficient (Wildman–Crippen LogP) is 1.38. The van der Waals surface area contributed by atoms with Crippen LogP contribution in [0.4, 0.5) is 0 Å². The van der Waals surface area contributed by atoms with Crippen molar-refractivity contribution >= 4 is 5.91 Å². The summed E-state index contributed by atoms with van der Waals surface area (Å²) in [6.07, 6.45) is 0.722. The molecule has 0 aliphatic rings. The molecule has 0 aliphatic heterocycles. The topological polar surface area (TPSA) is 47.6 Å². The zero-order valence-corrected chi connectivity index (χ0v) is 9.87. The molecule has 0 heterocycles. The van der Waals surface area contributed by atoms with E-state index in [1.165, 1.54) is 6.92 Å². The average molecular weight is 223 g/mol. The summed E-state index contributed by atoms with van der Waals surface area (Å²) in [4.78, 5) is 10.7. The van der Waals surface area contributed by atoms with E-state index in [0.29, 0.717) is 6.54 Å². The first kappa shape index (κ1) is 12.4. The summed E-state index contributed by atoms with van der Waals surface area (Å²) in [6, 6.07) is 5.63. The highest BCUT2D eigenvalue weighted by atomic mass is 16.5. The summed E-state index contributed by atoms with van der Waals surface area (Å²) in [5.74, 6) is 1.58. The monoisotopic (exact) mass is 223 g/mol. The first-order chi connectivity index (χ1) is 7.67. The fourth-order valence-corrected chi connectivity index (χ4v) is 1.45. The van der Waals surface area contributed by atoms with Crippen molar-refractivity contribution in [3.63, 3.8) is 0 Å². The fraction of sp³-hybridized carbons (Fsp3) is 0.417. The Bertz CT molecular complexity index is 363. The van der Waals surface area contributed by atoms with Crippen LogP contribution < -0.4 is 14.8 Å². The van der Waals surface area contributed by atoms with E-state index >= 15 is 0 Å². The van der Waals surface area contributed by atoms with Gasteiger partial charge in [0.25, 0.3) is 0 Å². The second-order valence-electron chi connectivity index (χ2n) is 3.41. The quantitative estimate of drug-likeness (QED) is 0.820. The lowest BCUT2D eigenvalue weighted by atomic mass is 10.1. The second kappa shape index (κ2) is 6.00. The van der Waals surface area contributed by atoms with Crippen molar-refractivity contribution in [3.8, 4) is 11.5 Å². The third-order valence-corrected chi connectivity index (χ3v) is 2.26. The van der Waals surface area contributed by atoms with E-state index in [1.807, 2.05) is 18.2 Å². The maximum atomic E-state index is 10.7. The molecule has 0 saturated carbocycles. The van der Waals surface area contributed by atoms with Gasteiger partial charge in [-0.3, -0.25) is 4.79 Å². The molecule has 0 aromatic heterocycles. The number of carbonyl (C=O) groups is 1. The first-order valence-corrected chi connectivity index (χ1v) is 5.12. The summed E-state index contributed by atoms with van der Waals surface area (Å²) in [5.41, 5.74) is 1.02. The van der Waals surface area contributed by atoms with Crippen molar-refractivity contribution in [1.29, 1.82) is 0 Å². The van der Waals surface area contributed by atoms with Gasteiger partial charge in [0.2, 0.25) is 5.91 Å². The molecule has 0 radical (unpaired) electrons. The second-order valence-corrected chi connectivity index (χ2v) is 3.41. The van der Waals surface area contributed by atoms with Crippen LogP contribution in [-0.4, -0.2) is 26.7 Å². The van der Waals surface area contributed by atoms with Gasteiger partial charge in [-0.05, 0) is 30.2 Å². The molecule has 88 valence electrons. The number of hydrogen-bond donors (Lipinski definition) is 1. The molecular formula is C12H17NO3. The molecule has 0 fully saturated rings. The van der Waals surface area contributed by atoms with Gasteiger partial charge in [0, 0.05) is 13.5 Å². The maximum absolute atomic E-state index is 10.7. The van der Waals surface area contributed by atoms with E-state index in [4.69, 9.17) is 9.47 Å². The number of carbonyl (C=O) groups excluding carboxylic acids is 1. The van der Waals surface area contributed by atoms with Crippen molar-refractivity contribution < 1.29 is 14.3 Å². The van der Waals surface area contributed by atoms with Crippen LogP contribution in [0.3, 0.4) is 0 Å².